The van der Waals surface area contributed by atoms with Crippen molar-refractivity contribution < 1.29 is 18.1 Å². The Morgan fingerprint density at radius 2 is 1.86 bits per heavy atom. The van der Waals surface area contributed by atoms with Crippen molar-refractivity contribution in [1.82, 2.24) is 8.87 Å². The fraction of sp³-hybridized carbons (Fsp3) is 0.150. The number of hydrogen-bond acceptors (Lipinski definition) is 4. The van der Waals surface area contributed by atoms with Gasteiger partial charge in [0.05, 0.1) is 17.9 Å². The first kappa shape index (κ1) is 18.7. The second kappa shape index (κ2) is 7.05. The summed E-state index contributed by atoms with van der Waals surface area (Å²) in [5.74, 6) is -1.32. The van der Waals surface area contributed by atoms with E-state index in [1.165, 1.54) is 16.7 Å². The third-order valence-corrected chi connectivity index (χ3v) is 5.99. The molecule has 0 bridgehead atoms. The second-order valence-electron chi connectivity index (χ2n) is 6.53. The Hall–Kier alpha value is -2.68. The van der Waals surface area contributed by atoms with Crippen LogP contribution in [-0.4, -0.2) is 20.5 Å². The summed E-state index contributed by atoms with van der Waals surface area (Å²) in [6.45, 7) is 0.456. The van der Waals surface area contributed by atoms with Crippen LogP contribution in [0.25, 0.3) is 11.1 Å². The SMILES string of the molecule is CN1Cc2cc(Oc3ccc(F)cc3F)c(-c3ccc(=O)n(C)c3)cc2[S+]1[O-]. The molecule has 0 spiro atoms. The highest BCUT2D eigenvalue weighted by atomic mass is 32.2. The zero-order valence-corrected chi connectivity index (χ0v) is 15.9. The van der Waals surface area contributed by atoms with Crippen LogP contribution in [-0.2, 0) is 25.0 Å². The number of fused-ring (bicyclic) bond motifs is 1. The molecule has 4 rings (SSSR count). The van der Waals surface area contributed by atoms with Gasteiger partial charge in [-0.2, -0.15) is 0 Å². The molecule has 8 heteroatoms. The van der Waals surface area contributed by atoms with Gasteiger partial charge in [0, 0.05) is 55.2 Å². The molecule has 2 aromatic carbocycles. The highest BCUT2D eigenvalue weighted by Crippen LogP contribution is 2.41. The Morgan fingerprint density at radius 1 is 1.07 bits per heavy atom. The third kappa shape index (κ3) is 3.30. The van der Waals surface area contributed by atoms with Gasteiger partial charge in [-0.3, -0.25) is 4.79 Å². The van der Waals surface area contributed by atoms with E-state index in [0.29, 0.717) is 28.3 Å². The minimum Gasteiger partial charge on any atom is -0.593 e. The number of halogens is 2. The van der Waals surface area contributed by atoms with Crippen molar-refractivity contribution in [1.29, 1.82) is 0 Å². The van der Waals surface area contributed by atoms with Crippen LogP contribution in [0.4, 0.5) is 8.78 Å². The van der Waals surface area contributed by atoms with Crippen molar-refractivity contribution in [2.24, 2.45) is 7.05 Å². The highest BCUT2D eigenvalue weighted by Gasteiger charge is 2.33. The van der Waals surface area contributed by atoms with E-state index < -0.39 is 23.0 Å². The van der Waals surface area contributed by atoms with Gasteiger partial charge < -0.3 is 13.9 Å². The molecule has 1 aliphatic heterocycles. The van der Waals surface area contributed by atoms with E-state index >= 15 is 0 Å². The minimum absolute atomic E-state index is 0.125. The third-order valence-electron chi connectivity index (χ3n) is 4.54. The lowest BCUT2D eigenvalue weighted by atomic mass is 10.0. The van der Waals surface area contributed by atoms with E-state index in [0.717, 1.165) is 17.7 Å². The van der Waals surface area contributed by atoms with E-state index in [4.69, 9.17) is 4.74 Å². The molecule has 28 heavy (non-hydrogen) atoms. The van der Waals surface area contributed by atoms with Crippen molar-refractivity contribution in [2.75, 3.05) is 7.05 Å². The lowest BCUT2D eigenvalue weighted by Crippen LogP contribution is -2.18. The molecule has 0 saturated heterocycles. The molecule has 1 aromatic heterocycles. The number of benzene rings is 2. The van der Waals surface area contributed by atoms with Crippen LogP contribution >= 0.6 is 0 Å². The van der Waals surface area contributed by atoms with Gasteiger partial charge in [0.2, 0.25) is 5.56 Å². The van der Waals surface area contributed by atoms with Crippen LogP contribution in [0, 0.1) is 11.6 Å². The number of hydrogen-bond donors (Lipinski definition) is 0. The zero-order valence-electron chi connectivity index (χ0n) is 15.1. The molecule has 1 aliphatic rings. The molecule has 0 saturated carbocycles. The molecule has 0 N–H and O–H groups in total. The number of rotatable bonds is 3. The van der Waals surface area contributed by atoms with E-state index in [1.807, 2.05) is 0 Å². The van der Waals surface area contributed by atoms with E-state index in [-0.39, 0.29) is 11.3 Å². The summed E-state index contributed by atoms with van der Waals surface area (Å²) in [6, 6.07) is 9.55. The summed E-state index contributed by atoms with van der Waals surface area (Å²) >= 11 is -1.31. The average Bonchev–Trinajstić information content (AvgIpc) is 2.93. The Balaban J connectivity index is 1.87. The summed E-state index contributed by atoms with van der Waals surface area (Å²) in [6.07, 6.45) is 1.62. The van der Waals surface area contributed by atoms with Gasteiger partial charge in [0.15, 0.2) is 16.5 Å². The lowest BCUT2D eigenvalue weighted by molar-refractivity contribution is 0.437. The maximum Gasteiger partial charge on any atom is 0.250 e. The summed E-state index contributed by atoms with van der Waals surface area (Å²) < 4.78 is 48.7. The molecule has 0 radical (unpaired) electrons. The Labute approximate surface area is 163 Å². The van der Waals surface area contributed by atoms with Crippen molar-refractivity contribution in [3.05, 3.63) is 76.2 Å². The molecule has 1 atom stereocenters. The first-order valence-corrected chi connectivity index (χ1v) is 9.54. The van der Waals surface area contributed by atoms with Crippen LogP contribution < -0.4 is 10.3 Å². The van der Waals surface area contributed by atoms with Gasteiger partial charge >= 0.3 is 0 Å². The van der Waals surface area contributed by atoms with E-state index in [1.54, 1.807) is 42.8 Å². The molecule has 144 valence electrons. The molecule has 1 unspecified atom stereocenters. The van der Waals surface area contributed by atoms with Gasteiger partial charge in [-0.05, 0) is 24.3 Å². The number of aromatic nitrogens is 1. The average molecular weight is 402 g/mol. The van der Waals surface area contributed by atoms with Crippen LogP contribution in [0.5, 0.6) is 11.5 Å². The number of aryl methyl sites for hydroxylation is 1. The monoisotopic (exact) mass is 402 g/mol. The van der Waals surface area contributed by atoms with Crippen LogP contribution in [0.1, 0.15) is 5.56 Å². The van der Waals surface area contributed by atoms with Crippen LogP contribution in [0.15, 0.2) is 58.4 Å². The molecular weight excluding hydrogens is 386 g/mol. The van der Waals surface area contributed by atoms with Crippen molar-refractivity contribution in [2.45, 2.75) is 11.4 Å². The molecule has 0 fully saturated rings. The quantitative estimate of drug-likeness (QED) is 0.629. The normalized spacial score (nSPS) is 16.2. The van der Waals surface area contributed by atoms with Gasteiger partial charge in [-0.15, -0.1) is 4.31 Å². The maximum atomic E-state index is 14.1. The maximum absolute atomic E-state index is 14.1. The van der Waals surface area contributed by atoms with Crippen molar-refractivity contribution >= 4 is 11.4 Å². The Kier molecular flexibility index (Phi) is 4.70. The molecule has 0 aliphatic carbocycles. The predicted molar refractivity (Wildman–Crippen MR) is 101 cm³/mol. The molecule has 3 aromatic rings. The van der Waals surface area contributed by atoms with E-state index in [9.17, 15) is 18.1 Å². The fourth-order valence-corrected chi connectivity index (χ4v) is 4.25. The van der Waals surface area contributed by atoms with Gasteiger partial charge in [0.25, 0.3) is 0 Å². The molecule has 5 nitrogen and oxygen atoms in total. The first-order chi connectivity index (χ1) is 13.3. The summed E-state index contributed by atoms with van der Waals surface area (Å²) in [7, 11) is 3.35. The Bertz CT molecular complexity index is 1130. The molecule has 0 amide bonds. The second-order valence-corrected chi connectivity index (χ2v) is 8.10. The topological polar surface area (TPSA) is 57.5 Å². The number of nitrogens with zero attached hydrogens (tertiary/aromatic N) is 2. The van der Waals surface area contributed by atoms with Gasteiger partial charge in [-0.1, -0.05) is 0 Å². The Morgan fingerprint density at radius 3 is 2.57 bits per heavy atom. The predicted octanol–water partition coefficient (Wildman–Crippen LogP) is 3.59. The van der Waals surface area contributed by atoms with Crippen molar-refractivity contribution in [3.8, 4) is 22.6 Å². The van der Waals surface area contributed by atoms with Gasteiger partial charge in [0.1, 0.15) is 11.6 Å². The summed E-state index contributed by atoms with van der Waals surface area (Å²) in [4.78, 5) is 12.4. The van der Waals surface area contributed by atoms with Crippen molar-refractivity contribution in [3.63, 3.8) is 0 Å². The highest BCUT2D eigenvalue weighted by molar-refractivity contribution is 7.89. The van der Waals surface area contributed by atoms with Crippen LogP contribution in [0.3, 0.4) is 0 Å². The summed E-state index contributed by atoms with van der Waals surface area (Å²) in [5.41, 5.74) is 1.82. The first-order valence-electron chi connectivity index (χ1n) is 8.43. The fourth-order valence-electron chi connectivity index (χ4n) is 3.09. The lowest BCUT2D eigenvalue weighted by Gasteiger charge is -2.15. The van der Waals surface area contributed by atoms with Crippen LogP contribution in [0.2, 0.25) is 0 Å². The number of pyridine rings is 1. The zero-order chi connectivity index (χ0) is 20.0. The largest absolute Gasteiger partial charge is 0.593 e. The summed E-state index contributed by atoms with van der Waals surface area (Å²) in [5, 5.41) is 0. The minimum atomic E-state index is -1.31. The molecule has 2 heterocycles. The standard InChI is InChI=1S/C20H16F2N2O3S/c1-23-10-12(3-6-20(23)25)15-9-19-13(11-24(2)28(19)26)7-18(15)27-17-5-4-14(21)8-16(17)22/h3-10H,11H2,1-2H3. The van der Waals surface area contributed by atoms with E-state index in [2.05, 4.69) is 0 Å². The smallest absolute Gasteiger partial charge is 0.250 e. The molecular formula is C20H16F2N2O3S. The number of ether oxygens (including phenoxy) is 1. The van der Waals surface area contributed by atoms with Gasteiger partial charge in [-0.25, -0.2) is 8.78 Å².